The highest BCUT2D eigenvalue weighted by Gasteiger charge is 2.36. The fourth-order valence-electron chi connectivity index (χ4n) is 3.34. The second-order valence-electron chi connectivity index (χ2n) is 6.06. The molecule has 0 fully saturated rings. The van der Waals surface area contributed by atoms with Crippen LogP contribution >= 0.6 is 0 Å². The lowest BCUT2D eigenvalue weighted by Gasteiger charge is -2.46. The third-order valence-corrected chi connectivity index (χ3v) is 4.75. The molecule has 1 N–H and O–H groups in total. The maximum Gasteiger partial charge on any atom is 0.0351 e. The van der Waals surface area contributed by atoms with Crippen LogP contribution in [0.3, 0.4) is 0 Å². The molecular weight excluding hydrogens is 232 g/mol. The van der Waals surface area contributed by atoms with Crippen molar-refractivity contribution < 1.29 is 0 Å². The summed E-state index contributed by atoms with van der Waals surface area (Å²) in [6.45, 7) is 10.4. The third kappa shape index (κ3) is 5.83. The van der Waals surface area contributed by atoms with E-state index in [4.69, 9.17) is 0 Å². The molecule has 0 aromatic carbocycles. The highest BCUT2D eigenvalue weighted by Crippen LogP contribution is 2.29. The molecule has 0 bridgehead atoms. The highest BCUT2D eigenvalue weighted by molar-refractivity contribution is 4.96. The molecule has 1 unspecified atom stereocenters. The molecule has 0 aliphatic rings. The van der Waals surface area contributed by atoms with Gasteiger partial charge in [0.05, 0.1) is 0 Å². The first-order valence-electron chi connectivity index (χ1n) is 8.49. The molecule has 0 aromatic heterocycles. The Morgan fingerprint density at radius 3 is 1.95 bits per heavy atom. The summed E-state index contributed by atoms with van der Waals surface area (Å²) in [5.74, 6) is 0. The zero-order valence-electron chi connectivity index (χ0n) is 14.4. The molecule has 2 heteroatoms. The van der Waals surface area contributed by atoms with E-state index in [1.54, 1.807) is 0 Å². The Balaban J connectivity index is 4.66. The van der Waals surface area contributed by atoms with Gasteiger partial charge in [-0.1, -0.05) is 53.4 Å². The summed E-state index contributed by atoms with van der Waals surface area (Å²) in [4.78, 5) is 2.46. The molecular formula is C17H38N2. The van der Waals surface area contributed by atoms with E-state index in [-0.39, 0.29) is 0 Å². The van der Waals surface area contributed by atoms with Crippen LogP contribution in [-0.2, 0) is 0 Å². The fourth-order valence-corrected chi connectivity index (χ4v) is 3.34. The first-order chi connectivity index (χ1) is 9.08. The number of rotatable bonds is 12. The smallest absolute Gasteiger partial charge is 0.0351 e. The first-order valence-corrected chi connectivity index (χ1v) is 8.49. The molecule has 0 saturated carbocycles. The van der Waals surface area contributed by atoms with Gasteiger partial charge in [0.25, 0.3) is 0 Å². The van der Waals surface area contributed by atoms with E-state index in [9.17, 15) is 0 Å². The summed E-state index contributed by atoms with van der Waals surface area (Å²) >= 11 is 0. The molecule has 0 saturated heterocycles. The number of hydrogen-bond donors (Lipinski definition) is 1. The van der Waals surface area contributed by atoms with Crippen LogP contribution in [-0.4, -0.2) is 37.1 Å². The van der Waals surface area contributed by atoms with E-state index in [1.807, 2.05) is 0 Å². The molecule has 1 atom stereocenters. The molecule has 0 aliphatic heterocycles. The van der Waals surface area contributed by atoms with Crippen molar-refractivity contribution in [3.8, 4) is 0 Å². The van der Waals surface area contributed by atoms with Crippen molar-refractivity contribution >= 4 is 0 Å². The fraction of sp³-hybridized carbons (Fsp3) is 1.00. The van der Waals surface area contributed by atoms with Gasteiger partial charge in [-0.3, -0.25) is 0 Å². The average molecular weight is 271 g/mol. The lowest BCUT2D eigenvalue weighted by atomic mass is 9.80. The molecule has 0 amide bonds. The minimum absolute atomic E-state index is 0.321. The van der Waals surface area contributed by atoms with Gasteiger partial charge in [0.2, 0.25) is 0 Å². The minimum atomic E-state index is 0.321. The monoisotopic (exact) mass is 270 g/mol. The summed E-state index contributed by atoms with van der Waals surface area (Å²) in [5, 5.41) is 3.83. The Bertz CT molecular complexity index is 197. The quantitative estimate of drug-likeness (QED) is 0.527. The van der Waals surface area contributed by atoms with Crippen LogP contribution in [0.25, 0.3) is 0 Å². The average Bonchev–Trinajstić information content (AvgIpc) is 2.41. The van der Waals surface area contributed by atoms with Crippen LogP contribution in [0, 0.1) is 0 Å². The summed E-state index contributed by atoms with van der Waals surface area (Å²) in [5.41, 5.74) is 0.321. The van der Waals surface area contributed by atoms with Crippen LogP contribution < -0.4 is 5.32 Å². The Hall–Kier alpha value is -0.0800. The van der Waals surface area contributed by atoms with Crippen molar-refractivity contribution in [1.82, 2.24) is 10.2 Å². The van der Waals surface area contributed by atoms with E-state index in [2.05, 4.69) is 52.0 Å². The number of nitrogens with zero attached hydrogens (tertiary/aromatic N) is 1. The SMILES string of the molecule is CCCCCCC(NCCC)C(CC)(CC)N(C)C. The highest BCUT2D eigenvalue weighted by atomic mass is 15.2. The standard InChI is InChI=1S/C17H38N2/c1-7-11-12-13-14-16(18-15-8-2)17(9-3,10-4)19(5)6/h16,18H,7-15H2,1-6H3. The maximum absolute atomic E-state index is 3.83. The first kappa shape index (κ1) is 18.9. The third-order valence-electron chi connectivity index (χ3n) is 4.75. The molecule has 0 radical (unpaired) electrons. The van der Waals surface area contributed by atoms with Gasteiger partial charge in [0, 0.05) is 11.6 Å². The van der Waals surface area contributed by atoms with E-state index < -0.39 is 0 Å². The number of likely N-dealkylation sites (N-methyl/N-ethyl adjacent to an activating group) is 1. The van der Waals surface area contributed by atoms with E-state index in [0.717, 1.165) is 6.54 Å². The molecule has 0 rings (SSSR count). The van der Waals surface area contributed by atoms with Gasteiger partial charge in [0.15, 0.2) is 0 Å². The van der Waals surface area contributed by atoms with Gasteiger partial charge >= 0.3 is 0 Å². The van der Waals surface area contributed by atoms with Crippen molar-refractivity contribution in [2.24, 2.45) is 0 Å². The Morgan fingerprint density at radius 1 is 0.895 bits per heavy atom. The van der Waals surface area contributed by atoms with Crippen molar-refractivity contribution in [2.75, 3.05) is 20.6 Å². The van der Waals surface area contributed by atoms with E-state index in [0.29, 0.717) is 11.6 Å². The van der Waals surface area contributed by atoms with E-state index >= 15 is 0 Å². The van der Waals surface area contributed by atoms with Crippen LogP contribution in [0.15, 0.2) is 0 Å². The van der Waals surface area contributed by atoms with Crippen molar-refractivity contribution in [3.05, 3.63) is 0 Å². The largest absolute Gasteiger partial charge is 0.312 e. The van der Waals surface area contributed by atoms with Crippen LogP contribution in [0.1, 0.15) is 79.1 Å². The van der Waals surface area contributed by atoms with Crippen molar-refractivity contribution in [3.63, 3.8) is 0 Å². The molecule has 0 spiro atoms. The predicted octanol–water partition coefficient (Wildman–Crippen LogP) is 4.45. The zero-order chi connectivity index (χ0) is 14.7. The summed E-state index contributed by atoms with van der Waals surface area (Å²) in [6.07, 6.45) is 10.5. The van der Waals surface area contributed by atoms with Crippen LogP contribution in [0.5, 0.6) is 0 Å². The summed E-state index contributed by atoms with van der Waals surface area (Å²) in [7, 11) is 4.50. The minimum Gasteiger partial charge on any atom is -0.312 e. The second kappa shape index (κ2) is 10.7. The molecule has 0 aliphatic carbocycles. The van der Waals surface area contributed by atoms with Gasteiger partial charge in [-0.25, -0.2) is 0 Å². The van der Waals surface area contributed by atoms with Crippen molar-refractivity contribution in [2.45, 2.75) is 90.6 Å². The van der Waals surface area contributed by atoms with Gasteiger partial charge in [-0.05, 0) is 46.3 Å². The predicted molar refractivity (Wildman–Crippen MR) is 87.8 cm³/mol. The molecule has 2 nitrogen and oxygen atoms in total. The normalized spacial score (nSPS) is 14.1. The van der Waals surface area contributed by atoms with Gasteiger partial charge in [-0.15, -0.1) is 0 Å². The second-order valence-corrected chi connectivity index (χ2v) is 6.06. The van der Waals surface area contributed by atoms with Gasteiger partial charge in [-0.2, -0.15) is 0 Å². The number of hydrogen-bond acceptors (Lipinski definition) is 2. The Morgan fingerprint density at radius 2 is 1.53 bits per heavy atom. The van der Waals surface area contributed by atoms with Gasteiger partial charge < -0.3 is 10.2 Å². The Labute approximate surface area is 122 Å². The van der Waals surface area contributed by atoms with E-state index in [1.165, 1.54) is 51.4 Å². The van der Waals surface area contributed by atoms with Crippen molar-refractivity contribution in [1.29, 1.82) is 0 Å². The van der Waals surface area contributed by atoms with Crippen LogP contribution in [0.2, 0.25) is 0 Å². The lowest BCUT2D eigenvalue weighted by molar-refractivity contribution is 0.0827. The van der Waals surface area contributed by atoms with Gasteiger partial charge in [0.1, 0.15) is 0 Å². The Kier molecular flexibility index (Phi) is 10.6. The molecule has 19 heavy (non-hydrogen) atoms. The maximum atomic E-state index is 3.83. The molecule has 0 heterocycles. The molecule has 116 valence electrons. The van der Waals surface area contributed by atoms with Crippen LogP contribution in [0.4, 0.5) is 0 Å². The summed E-state index contributed by atoms with van der Waals surface area (Å²) in [6, 6.07) is 0.634. The zero-order valence-corrected chi connectivity index (χ0v) is 14.4. The number of nitrogens with one attached hydrogen (secondary N) is 1. The lowest BCUT2D eigenvalue weighted by Crippen LogP contribution is -2.58. The summed E-state index contributed by atoms with van der Waals surface area (Å²) < 4.78 is 0. The number of unbranched alkanes of at least 4 members (excludes halogenated alkanes) is 3. The molecule has 0 aromatic rings. The topological polar surface area (TPSA) is 15.3 Å².